The third-order valence-corrected chi connectivity index (χ3v) is 5.79. The highest BCUT2D eigenvalue weighted by Crippen LogP contribution is 2.48. The molecule has 1 aliphatic rings. The maximum atomic E-state index is 12.4. The Kier molecular flexibility index (Phi) is 5.78. The zero-order chi connectivity index (χ0) is 16.2. The molecule has 0 aromatic heterocycles. The predicted molar refractivity (Wildman–Crippen MR) is 87.0 cm³/mol. The fraction of sp³-hybridized carbons (Fsp3) is 0.714. The summed E-state index contributed by atoms with van der Waals surface area (Å²) in [5, 5.41) is 3.00. The third kappa shape index (κ3) is 3.59. The molecule has 1 aromatic rings. The van der Waals surface area contributed by atoms with E-state index in [4.69, 9.17) is 9.05 Å². The van der Waals surface area contributed by atoms with Crippen LogP contribution in [0, 0.1) is 0 Å². The lowest BCUT2D eigenvalue weighted by Gasteiger charge is -2.25. The highest BCUT2D eigenvalue weighted by Gasteiger charge is 2.29. The second kappa shape index (κ2) is 7.40. The molecule has 2 rings (SSSR count). The molecule has 1 aromatic carbocycles. The van der Waals surface area contributed by atoms with E-state index in [1.54, 1.807) is 13.8 Å². The molecule has 0 saturated carbocycles. The Balaban J connectivity index is 1.97. The van der Waals surface area contributed by atoms with E-state index in [2.05, 4.69) is 5.32 Å². The van der Waals surface area contributed by atoms with Gasteiger partial charge in [0.2, 0.25) is 0 Å². The largest absolute Gasteiger partial charge is 0.380 e. The first-order valence-corrected chi connectivity index (χ1v) is 9.45. The second-order valence-corrected chi connectivity index (χ2v) is 7.36. The topological polar surface area (TPSA) is 84.9 Å². The van der Waals surface area contributed by atoms with Crippen molar-refractivity contribution in [3.8, 4) is 0 Å². The molecule has 0 bridgehead atoms. The molecule has 0 aliphatic carbocycles. The van der Waals surface area contributed by atoms with Gasteiger partial charge >= 0.3 is 7.60 Å². The van der Waals surface area contributed by atoms with Crippen LogP contribution >= 0.6 is 7.60 Å². The van der Waals surface area contributed by atoms with Gasteiger partial charge in [0.25, 0.3) is 10.9 Å². The van der Waals surface area contributed by atoms with Gasteiger partial charge in [0, 0.05) is 19.6 Å². The van der Waals surface area contributed by atoms with E-state index < -0.39 is 18.5 Å². The molecule has 0 saturated heterocycles. The molecule has 0 atom stereocenters. The van der Waals surface area contributed by atoms with E-state index in [1.807, 2.05) is 4.90 Å². The van der Waals surface area contributed by atoms with E-state index in [0.29, 0.717) is 56.8 Å². The number of fused-ring (bicyclic) bond motifs is 1. The number of rotatable bonds is 8. The first-order chi connectivity index (χ1) is 10.5. The molecule has 124 valence electrons. The summed E-state index contributed by atoms with van der Waals surface area (Å²) < 4.78 is 22.9. The second-order valence-electron chi connectivity index (χ2n) is 5.17. The number of nitrogens with one attached hydrogen (secondary N) is 1. The summed E-state index contributed by atoms with van der Waals surface area (Å²) in [7, 11) is -3.05. The van der Waals surface area contributed by atoms with E-state index >= 15 is 0 Å². The van der Waals surface area contributed by atoms with Crippen LogP contribution in [0.5, 0.6) is 0 Å². The Labute approximate surface area is 129 Å². The Bertz CT molecular complexity index is 613. The number of hydrogen-bond acceptors (Lipinski definition) is 7. The molecule has 0 fully saturated rings. The summed E-state index contributed by atoms with van der Waals surface area (Å²) in [5.74, 6) is 0. The van der Waals surface area contributed by atoms with Crippen molar-refractivity contribution >= 4 is 19.0 Å². The van der Waals surface area contributed by atoms with Crippen LogP contribution in [0.4, 0.5) is 11.4 Å². The fourth-order valence-corrected chi connectivity index (χ4v) is 4.33. The van der Waals surface area contributed by atoms with E-state index in [-0.39, 0.29) is 0 Å². The van der Waals surface area contributed by atoms with Crippen LogP contribution in [0.2, 0.25) is 0 Å². The van der Waals surface area contributed by atoms with Crippen LogP contribution in [0.1, 0.15) is 26.7 Å². The van der Waals surface area contributed by atoms with Gasteiger partial charge in [-0.15, -0.1) is 0 Å². The SMILES string of the molecule is CCOP(=O)(CCCN1CCCNc2c1c(=O)c2=O)OCC. The standard InChI is InChI=1S/C14H23N2O5P/c1-3-20-22(19,21-4-2)10-6-9-16-8-5-7-15-11-12(16)14(18)13(11)17/h15H,3-10H2,1-2H3. The van der Waals surface area contributed by atoms with E-state index in [0.717, 1.165) is 6.42 Å². The Morgan fingerprint density at radius 1 is 1.18 bits per heavy atom. The first-order valence-electron chi connectivity index (χ1n) is 7.72. The first kappa shape index (κ1) is 17.2. The zero-order valence-electron chi connectivity index (χ0n) is 13.1. The molecule has 0 spiro atoms. The Morgan fingerprint density at radius 2 is 1.86 bits per heavy atom. The van der Waals surface area contributed by atoms with Gasteiger partial charge in [0.15, 0.2) is 0 Å². The van der Waals surface area contributed by atoms with E-state index in [9.17, 15) is 14.2 Å². The van der Waals surface area contributed by atoms with Crippen molar-refractivity contribution < 1.29 is 13.6 Å². The molecular formula is C14H23N2O5P. The van der Waals surface area contributed by atoms with Gasteiger partial charge < -0.3 is 19.3 Å². The van der Waals surface area contributed by atoms with Crippen molar-refractivity contribution in [3.05, 3.63) is 20.4 Å². The van der Waals surface area contributed by atoms with Crippen molar-refractivity contribution in [2.24, 2.45) is 0 Å². The number of nitrogens with zero attached hydrogens (tertiary/aromatic N) is 1. The summed E-state index contributed by atoms with van der Waals surface area (Å²) in [5.41, 5.74) is 0.0452. The van der Waals surface area contributed by atoms with Gasteiger partial charge in [-0.2, -0.15) is 0 Å². The maximum Gasteiger partial charge on any atom is 0.330 e. The molecule has 0 amide bonds. The smallest absolute Gasteiger partial charge is 0.330 e. The van der Waals surface area contributed by atoms with Crippen molar-refractivity contribution in [1.29, 1.82) is 0 Å². The van der Waals surface area contributed by atoms with Gasteiger partial charge in [-0.3, -0.25) is 14.2 Å². The fourth-order valence-electron chi connectivity index (χ4n) is 2.68. The monoisotopic (exact) mass is 330 g/mol. The normalized spacial score (nSPS) is 15.5. The highest BCUT2D eigenvalue weighted by atomic mass is 31.2. The quantitative estimate of drug-likeness (QED) is 0.572. The molecule has 0 unspecified atom stereocenters. The van der Waals surface area contributed by atoms with Gasteiger partial charge in [0.1, 0.15) is 11.4 Å². The lowest BCUT2D eigenvalue weighted by atomic mass is 10.1. The van der Waals surface area contributed by atoms with Gasteiger partial charge in [-0.05, 0) is 26.7 Å². The molecule has 7 nitrogen and oxygen atoms in total. The van der Waals surface area contributed by atoms with Gasteiger partial charge in [-0.1, -0.05) is 0 Å². The lowest BCUT2D eigenvalue weighted by molar-refractivity contribution is 0.220. The van der Waals surface area contributed by atoms with Crippen LogP contribution < -0.4 is 21.1 Å². The molecule has 0 radical (unpaired) electrons. The third-order valence-electron chi connectivity index (χ3n) is 3.62. The highest BCUT2D eigenvalue weighted by molar-refractivity contribution is 7.53. The van der Waals surface area contributed by atoms with Crippen LogP contribution in [0.15, 0.2) is 9.59 Å². The Morgan fingerprint density at radius 3 is 2.50 bits per heavy atom. The minimum Gasteiger partial charge on any atom is -0.380 e. The average molecular weight is 330 g/mol. The van der Waals surface area contributed by atoms with Crippen LogP contribution in [0.25, 0.3) is 0 Å². The number of hydrogen-bond donors (Lipinski definition) is 1. The molecule has 1 heterocycles. The molecule has 8 heteroatoms. The minimum atomic E-state index is -3.05. The van der Waals surface area contributed by atoms with Crippen molar-refractivity contribution in [1.82, 2.24) is 0 Å². The summed E-state index contributed by atoms with van der Waals surface area (Å²) in [6.45, 7) is 6.19. The zero-order valence-corrected chi connectivity index (χ0v) is 14.0. The van der Waals surface area contributed by atoms with Crippen LogP contribution in [-0.4, -0.2) is 39.0 Å². The van der Waals surface area contributed by atoms with Crippen LogP contribution in [-0.2, 0) is 13.6 Å². The lowest BCUT2D eigenvalue weighted by Crippen LogP contribution is -2.41. The predicted octanol–water partition coefficient (Wildman–Crippen LogP) is 1.56. The molecule has 1 aliphatic heterocycles. The van der Waals surface area contributed by atoms with Gasteiger partial charge in [0.05, 0.1) is 19.4 Å². The molecule has 1 N–H and O–H groups in total. The minimum absolute atomic E-state index is 0.309. The molecule has 22 heavy (non-hydrogen) atoms. The summed E-state index contributed by atoms with van der Waals surface area (Å²) in [6.07, 6.45) is 1.74. The number of anilines is 2. The summed E-state index contributed by atoms with van der Waals surface area (Å²) in [6, 6.07) is 0. The maximum absolute atomic E-state index is 12.4. The average Bonchev–Trinajstić information content (AvgIpc) is 2.67. The summed E-state index contributed by atoms with van der Waals surface area (Å²) in [4.78, 5) is 25.2. The van der Waals surface area contributed by atoms with Crippen molar-refractivity contribution in [2.75, 3.05) is 49.2 Å². The van der Waals surface area contributed by atoms with Crippen molar-refractivity contribution in [3.63, 3.8) is 0 Å². The van der Waals surface area contributed by atoms with Crippen molar-refractivity contribution in [2.45, 2.75) is 26.7 Å². The van der Waals surface area contributed by atoms with Crippen LogP contribution in [0.3, 0.4) is 0 Å². The Hall–Kier alpha value is -1.17. The van der Waals surface area contributed by atoms with Gasteiger partial charge in [-0.25, -0.2) is 0 Å². The van der Waals surface area contributed by atoms with E-state index in [1.165, 1.54) is 0 Å². The summed E-state index contributed by atoms with van der Waals surface area (Å²) >= 11 is 0. The molecular weight excluding hydrogens is 307 g/mol.